The van der Waals surface area contributed by atoms with E-state index < -0.39 is 0 Å². The third-order valence-electron chi connectivity index (χ3n) is 3.26. The van der Waals surface area contributed by atoms with Gasteiger partial charge in [-0.2, -0.15) is 0 Å². The first-order valence-electron chi connectivity index (χ1n) is 6.21. The Morgan fingerprint density at radius 1 is 1.56 bits per heavy atom. The smallest absolute Gasteiger partial charge is 0.227 e. The van der Waals surface area contributed by atoms with Gasteiger partial charge in [0.25, 0.3) is 0 Å². The molecule has 2 unspecified atom stereocenters. The summed E-state index contributed by atoms with van der Waals surface area (Å²) in [6, 6.07) is 0.0220. The van der Waals surface area contributed by atoms with Crippen LogP contribution in [0.2, 0.25) is 0 Å². The Bertz CT molecular complexity index is 231. The molecule has 1 rings (SSSR count). The zero-order valence-electron chi connectivity index (χ0n) is 10.4. The molecule has 1 amide bonds. The van der Waals surface area contributed by atoms with Crippen LogP contribution in [0.1, 0.15) is 33.1 Å². The van der Waals surface area contributed by atoms with E-state index in [1.807, 2.05) is 4.90 Å². The molecule has 0 aromatic rings. The van der Waals surface area contributed by atoms with E-state index >= 15 is 0 Å². The van der Waals surface area contributed by atoms with Crippen molar-refractivity contribution >= 4 is 5.91 Å². The van der Waals surface area contributed by atoms with Crippen molar-refractivity contribution in [2.45, 2.75) is 39.2 Å². The fraction of sp³-hybridized carbons (Fsp3) is 0.917. The zero-order chi connectivity index (χ0) is 12.1. The molecule has 4 nitrogen and oxygen atoms in total. The number of hydrogen-bond acceptors (Lipinski definition) is 3. The molecule has 0 aliphatic carbocycles. The second-order valence-corrected chi connectivity index (χ2v) is 5.07. The van der Waals surface area contributed by atoms with E-state index in [0.717, 1.165) is 25.8 Å². The van der Waals surface area contributed by atoms with Gasteiger partial charge >= 0.3 is 0 Å². The first kappa shape index (κ1) is 13.5. The first-order valence-corrected chi connectivity index (χ1v) is 6.21. The Labute approximate surface area is 97.8 Å². The van der Waals surface area contributed by atoms with Gasteiger partial charge in [0.05, 0.1) is 18.6 Å². The van der Waals surface area contributed by atoms with Gasteiger partial charge in [0.2, 0.25) is 5.91 Å². The van der Waals surface area contributed by atoms with E-state index in [2.05, 4.69) is 13.8 Å². The van der Waals surface area contributed by atoms with Gasteiger partial charge in [-0.3, -0.25) is 4.79 Å². The summed E-state index contributed by atoms with van der Waals surface area (Å²) in [7, 11) is 0. The van der Waals surface area contributed by atoms with Crippen LogP contribution in [0, 0.1) is 11.8 Å². The maximum Gasteiger partial charge on any atom is 0.227 e. The number of rotatable bonds is 5. The Morgan fingerprint density at radius 2 is 2.25 bits per heavy atom. The van der Waals surface area contributed by atoms with Crippen molar-refractivity contribution in [3.8, 4) is 0 Å². The lowest BCUT2D eigenvalue weighted by molar-refractivity contribution is -0.137. The molecular formula is C12H24N2O2. The monoisotopic (exact) mass is 228 g/mol. The molecule has 0 radical (unpaired) electrons. The topological polar surface area (TPSA) is 66.6 Å². The molecule has 1 heterocycles. The molecule has 0 aromatic heterocycles. The first-order chi connectivity index (χ1) is 7.60. The van der Waals surface area contributed by atoms with Crippen molar-refractivity contribution in [1.29, 1.82) is 0 Å². The molecule has 0 spiro atoms. The van der Waals surface area contributed by atoms with Crippen LogP contribution < -0.4 is 5.73 Å². The summed E-state index contributed by atoms with van der Waals surface area (Å²) < 4.78 is 0. The summed E-state index contributed by atoms with van der Waals surface area (Å²) in [5, 5.41) is 9.20. The van der Waals surface area contributed by atoms with Gasteiger partial charge in [-0.05, 0) is 25.2 Å². The highest BCUT2D eigenvalue weighted by molar-refractivity contribution is 5.79. The van der Waals surface area contributed by atoms with E-state index in [1.54, 1.807) is 0 Å². The van der Waals surface area contributed by atoms with Crippen LogP contribution in [0.25, 0.3) is 0 Å². The normalized spacial score (nSPS) is 22.8. The van der Waals surface area contributed by atoms with Crippen LogP contribution in [-0.4, -0.2) is 41.7 Å². The lowest BCUT2D eigenvalue weighted by Crippen LogP contribution is -2.43. The summed E-state index contributed by atoms with van der Waals surface area (Å²) in [5.74, 6) is 0.535. The maximum atomic E-state index is 12.2. The number of hydrogen-bond donors (Lipinski definition) is 2. The minimum atomic E-state index is -0.0767. The second kappa shape index (κ2) is 6.21. The largest absolute Gasteiger partial charge is 0.394 e. The highest BCUT2D eigenvalue weighted by atomic mass is 16.3. The van der Waals surface area contributed by atoms with Crippen LogP contribution in [0.3, 0.4) is 0 Å². The van der Waals surface area contributed by atoms with Crippen molar-refractivity contribution < 1.29 is 9.90 Å². The molecule has 16 heavy (non-hydrogen) atoms. The maximum absolute atomic E-state index is 12.2. The SMILES string of the molecule is CC(C)CC(CN)C(=O)N1CCCC1CO. The third kappa shape index (κ3) is 3.19. The Kier molecular flexibility index (Phi) is 5.22. The predicted octanol–water partition coefficient (Wildman–Crippen LogP) is 0.591. The van der Waals surface area contributed by atoms with Gasteiger partial charge in [-0.25, -0.2) is 0 Å². The molecule has 1 aliphatic heterocycles. The zero-order valence-corrected chi connectivity index (χ0v) is 10.4. The molecule has 0 bridgehead atoms. The van der Waals surface area contributed by atoms with Crippen LogP contribution in [0.15, 0.2) is 0 Å². The minimum absolute atomic E-state index is 0.0220. The summed E-state index contributed by atoms with van der Waals surface area (Å²) >= 11 is 0. The van der Waals surface area contributed by atoms with E-state index in [9.17, 15) is 9.90 Å². The van der Waals surface area contributed by atoms with Gasteiger partial charge in [0.15, 0.2) is 0 Å². The lowest BCUT2D eigenvalue weighted by Gasteiger charge is -2.28. The lowest BCUT2D eigenvalue weighted by atomic mass is 9.95. The number of amides is 1. The molecule has 3 N–H and O–H groups in total. The molecule has 1 saturated heterocycles. The van der Waals surface area contributed by atoms with Crippen molar-refractivity contribution in [2.24, 2.45) is 17.6 Å². The van der Waals surface area contributed by atoms with Crippen molar-refractivity contribution in [3.63, 3.8) is 0 Å². The minimum Gasteiger partial charge on any atom is -0.394 e. The Morgan fingerprint density at radius 3 is 2.75 bits per heavy atom. The van der Waals surface area contributed by atoms with Gasteiger partial charge in [0.1, 0.15) is 0 Å². The molecule has 0 aromatic carbocycles. The van der Waals surface area contributed by atoms with E-state index in [-0.39, 0.29) is 24.5 Å². The number of carbonyl (C=O) groups is 1. The van der Waals surface area contributed by atoms with Gasteiger partial charge in [0, 0.05) is 13.1 Å². The molecule has 1 fully saturated rings. The predicted molar refractivity (Wildman–Crippen MR) is 63.8 cm³/mol. The quantitative estimate of drug-likeness (QED) is 0.724. The van der Waals surface area contributed by atoms with Crippen molar-refractivity contribution in [3.05, 3.63) is 0 Å². The average molecular weight is 228 g/mol. The fourth-order valence-electron chi connectivity index (χ4n) is 2.42. The molecular weight excluding hydrogens is 204 g/mol. The highest BCUT2D eigenvalue weighted by Crippen LogP contribution is 2.22. The highest BCUT2D eigenvalue weighted by Gasteiger charge is 2.32. The van der Waals surface area contributed by atoms with Gasteiger partial charge in [-0.1, -0.05) is 13.8 Å². The van der Waals surface area contributed by atoms with Crippen molar-refractivity contribution in [1.82, 2.24) is 4.90 Å². The molecule has 1 aliphatic rings. The van der Waals surface area contributed by atoms with Gasteiger partial charge in [-0.15, -0.1) is 0 Å². The number of nitrogens with zero attached hydrogens (tertiary/aromatic N) is 1. The van der Waals surface area contributed by atoms with Crippen molar-refractivity contribution in [2.75, 3.05) is 19.7 Å². The van der Waals surface area contributed by atoms with Crippen LogP contribution in [0.5, 0.6) is 0 Å². The van der Waals surface area contributed by atoms with E-state index in [4.69, 9.17) is 5.73 Å². The Balaban J connectivity index is 2.59. The summed E-state index contributed by atoms with van der Waals surface area (Å²) in [4.78, 5) is 14.0. The Hall–Kier alpha value is -0.610. The van der Waals surface area contributed by atoms with Crippen LogP contribution >= 0.6 is 0 Å². The molecule has 94 valence electrons. The van der Waals surface area contributed by atoms with E-state index in [1.165, 1.54) is 0 Å². The summed E-state index contributed by atoms with van der Waals surface area (Å²) in [5.41, 5.74) is 5.67. The molecule has 0 saturated carbocycles. The van der Waals surface area contributed by atoms with E-state index in [0.29, 0.717) is 12.5 Å². The second-order valence-electron chi connectivity index (χ2n) is 5.07. The average Bonchev–Trinajstić information content (AvgIpc) is 2.72. The fourth-order valence-corrected chi connectivity index (χ4v) is 2.42. The van der Waals surface area contributed by atoms with Crippen LogP contribution in [0.4, 0.5) is 0 Å². The summed E-state index contributed by atoms with van der Waals surface area (Å²) in [6.07, 6.45) is 2.75. The molecule has 2 atom stereocenters. The number of likely N-dealkylation sites (tertiary alicyclic amines) is 1. The summed E-state index contributed by atoms with van der Waals surface area (Å²) in [6.45, 7) is 5.46. The number of aliphatic hydroxyl groups excluding tert-OH is 1. The van der Waals surface area contributed by atoms with Gasteiger partial charge < -0.3 is 15.7 Å². The number of nitrogens with two attached hydrogens (primary N) is 1. The third-order valence-corrected chi connectivity index (χ3v) is 3.26. The number of carbonyl (C=O) groups excluding carboxylic acids is 1. The standard InChI is InChI=1S/C12H24N2O2/c1-9(2)6-10(7-13)12(16)14-5-3-4-11(14)8-15/h9-11,15H,3-8,13H2,1-2H3. The van der Waals surface area contributed by atoms with Crippen LogP contribution in [-0.2, 0) is 4.79 Å². The molecule has 4 heteroatoms. The number of aliphatic hydroxyl groups is 1.